The van der Waals surface area contributed by atoms with Crippen molar-refractivity contribution in [1.29, 1.82) is 0 Å². The summed E-state index contributed by atoms with van der Waals surface area (Å²) in [5.41, 5.74) is 0. The number of carbonyl (C=O) groups is 3. The molecule has 0 aromatic rings. The Labute approximate surface area is 395 Å². The molecule has 1 aliphatic carbocycles. The Kier molecular flexibility index (Phi) is 36.3. The van der Waals surface area contributed by atoms with Gasteiger partial charge in [-0.15, -0.1) is 0 Å². The highest BCUT2D eigenvalue weighted by atomic mass is 31.2. The molecule has 1 aliphatic rings. The number of rotatable bonds is 43. The molecule has 0 bridgehead atoms. The molecule has 0 radical (unpaired) electrons. The fourth-order valence-corrected chi connectivity index (χ4v) is 8.61. The standard InChI is InChI=1S/C52H94NO11P/c1-6-8-10-11-12-13-14-15-16-17-18-19-20-21-22-23-24-25-26-27-32-36-51(57)61-43-46(44-63-65(59,60)62-41-40-53(3,4)5)64-52(58)37-33-29-28-31-35-47-48(50(56)42-49(47)55)39-38-45(54)34-30-9-7-2/h15-16,28,31,38-39,45-49,54-55H,6-14,17-27,29-30,32-37,40-44H2,1-5H3/p+1/b16-15-,31-28-,39-38+/t45-,46+,47+,48+,49-/m0/s1. The smallest absolute Gasteiger partial charge is 0.462 e. The van der Waals surface area contributed by atoms with Crippen molar-refractivity contribution < 1.29 is 57.1 Å². The number of likely N-dealkylation sites (N-methyl/N-ethyl adjacent to an activating group) is 1. The Morgan fingerprint density at radius 1 is 0.708 bits per heavy atom. The number of carbonyl (C=O) groups excluding carboxylic acids is 3. The number of aliphatic hydroxyl groups is 2. The number of unbranched alkanes of at least 4 members (excludes halogenated alkanes) is 20. The van der Waals surface area contributed by atoms with Crippen LogP contribution < -0.4 is 0 Å². The van der Waals surface area contributed by atoms with Gasteiger partial charge in [0.25, 0.3) is 0 Å². The predicted octanol–water partition coefficient (Wildman–Crippen LogP) is 11.8. The molecule has 0 aliphatic heterocycles. The van der Waals surface area contributed by atoms with Crippen LogP contribution in [0.5, 0.6) is 0 Å². The summed E-state index contributed by atoms with van der Waals surface area (Å²) in [6, 6.07) is 0. The molecule has 0 saturated heterocycles. The summed E-state index contributed by atoms with van der Waals surface area (Å²) in [7, 11) is 1.32. The summed E-state index contributed by atoms with van der Waals surface area (Å²) in [5, 5.41) is 20.8. The van der Waals surface area contributed by atoms with Crippen molar-refractivity contribution in [2.24, 2.45) is 11.8 Å². The van der Waals surface area contributed by atoms with Crippen LogP contribution in [0, 0.1) is 11.8 Å². The maximum Gasteiger partial charge on any atom is 0.472 e. The van der Waals surface area contributed by atoms with Crippen molar-refractivity contribution in [2.75, 3.05) is 47.5 Å². The third-order valence-electron chi connectivity index (χ3n) is 12.0. The average Bonchev–Trinajstić information content (AvgIpc) is 3.52. The van der Waals surface area contributed by atoms with Crippen LogP contribution in [-0.2, 0) is 37.5 Å². The van der Waals surface area contributed by atoms with E-state index in [-0.39, 0.29) is 44.2 Å². The molecular formula is C52H95NO11P+. The molecule has 0 aromatic heterocycles. The first kappa shape index (κ1) is 60.8. The topological polar surface area (TPSA) is 166 Å². The molecule has 3 N–H and O–H groups in total. The summed E-state index contributed by atoms with van der Waals surface area (Å²) in [5.74, 6) is -1.74. The molecule has 0 spiro atoms. The second kappa shape index (κ2) is 38.8. The second-order valence-corrected chi connectivity index (χ2v) is 20.8. The number of ketones is 1. The number of phosphoric acid groups is 1. The minimum Gasteiger partial charge on any atom is -0.462 e. The highest BCUT2D eigenvalue weighted by Gasteiger charge is 2.39. The number of quaternary nitrogens is 1. The molecule has 0 amide bonds. The van der Waals surface area contributed by atoms with Gasteiger partial charge >= 0.3 is 19.8 Å². The van der Waals surface area contributed by atoms with E-state index in [9.17, 15) is 34.1 Å². The number of aliphatic hydroxyl groups excluding tert-OH is 2. The Morgan fingerprint density at radius 2 is 1.23 bits per heavy atom. The number of Topliss-reactive ketones (excluding diaryl/α,β-unsaturated/α-hetero) is 1. The third-order valence-corrected chi connectivity index (χ3v) is 13.0. The first-order valence-electron chi connectivity index (χ1n) is 25.8. The highest BCUT2D eigenvalue weighted by molar-refractivity contribution is 7.47. The number of nitrogens with zero attached hydrogens (tertiary/aromatic N) is 1. The highest BCUT2D eigenvalue weighted by Crippen LogP contribution is 2.43. The van der Waals surface area contributed by atoms with Gasteiger partial charge in [-0.05, 0) is 57.8 Å². The van der Waals surface area contributed by atoms with Gasteiger partial charge in [0, 0.05) is 31.1 Å². The molecule has 1 rings (SSSR count). The van der Waals surface area contributed by atoms with E-state index < -0.39 is 50.6 Å². The van der Waals surface area contributed by atoms with Crippen LogP contribution in [0.1, 0.15) is 200 Å². The number of allylic oxidation sites excluding steroid dienone is 5. The van der Waals surface area contributed by atoms with Crippen molar-refractivity contribution in [3.05, 3.63) is 36.5 Å². The molecule has 0 aromatic carbocycles. The van der Waals surface area contributed by atoms with Crippen molar-refractivity contribution in [1.82, 2.24) is 0 Å². The van der Waals surface area contributed by atoms with Crippen LogP contribution in [0.15, 0.2) is 36.5 Å². The second-order valence-electron chi connectivity index (χ2n) is 19.3. The van der Waals surface area contributed by atoms with Gasteiger partial charge in [0.2, 0.25) is 0 Å². The van der Waals surface area contributed by atoms with Crippen LogP contribution in [-0.4, -0.2) is 103 Å². The van der Waals surface area contributed by atoms with Gasteiger partial charge in [0.15, 0.2) is 6.10 Å². The largest absolute Gasteiger partial charge is 0.472 e. The minimum atomic E-state index is -4.46. The quantitative estimate of drug-likeness (QED) is 0.0175. The summed E-state index contributed by atoms with van der Waals surface area (Å²) in [6.07, 6.45) is 38.4. The van der Waals surface area contributed by atoms with Gasteiger partial charge in [-0.2, -0.15) is 0 Å². The van der Waals surface area contributed by atoms with E-state index >= 15 is 0 Å². The van der Waals surface area contributed by atoms with Crippen molar-refractivity contribution in [3.8, 4) is 0 Å². The molecule has 6 atom stereocenters. The molecule has 13 heteroatoms. The third kappa shape index (κ3) is 35.6. The van der Waals surface area contributed by atoms with Crippen LogP contribution in [0.4, 0.5) is 0 Å². The first-order chi connectivity index (χ1) is 31.2. The van der Waals surface area contributed by atoms with E-state index in [1.807, 2.05) is 33.3 Å². The van der Waals surface area contributed by atoms with Crippen molar-refractivity contribution in [3.63, 3.8) is 0 Å². The van der Waals surface area contributed by atoms with E-state index in [2.05, 4.69) is 26.0 Å². The average molecular weight is 941 g/mol. The lowest BCUT2D eigenvalue weighted by Gasteiger charge is -2.24. The molecule has 1 fully saturated rings. The normalized spacial score (nSPS) is 18.8. The van der Waals surface area contributed by atoms with E-state index in [0.717, 1.165) is 38.5 Å². The number of phosphoric ester groups is 1. The van der Waals surface area contributed by atoms with E-state index in [4.69, 9.17) is 18.5 Å². The first-order valence-corrected chi connectivity index (χ1v) is 27.3. The Hall–Kier alpha value is -2.18. The van der Waals surface area contributed by atoms with Crippen LogP contribution in [0.3, 0.4) is 0 Å². The van der Waals surface area contributed by atoms with E-state index in [1.54, 1.807) is 12.2 Å². The number of esters is 2. The minimum absolute atomic E-state index is 0.0163. The zero-order chi connectivity index (χ0) is 48.0. The van der Waals surface area contributed by atoms with Crippen molar-refractivity contribution in [2.45, 2.75) is 218 Å². The molecule has 1 saturated carbocycles. The van der Waals surface area contributed by atoms with Gasteiger partial charge in [-0.3, -0.25) is 23.4 Å². The molecule has 1 unspecified atom stereocenters. The lowest BCUT2D eigenvalue weighted by Crippen LogP contribution is -2.37. The zero-order valence-corrected chi connectivity index (χ0v) is 42.6. The van der Waals surface area contributed by atoms with Gasteiger partial charge < -0.3 is 29.1 Å². The van der Waals surface area contributed by atoms with Crippen molar-refractivity contribution >= 4 is 25.5 Å². The van der Waals surface area contributed by atoms with Gasteiger partial charge in [-0.1, -0.05) is 159 Å². The molecule has 65 heavy (non-hydrogen) atoms. The number of ether oxygens (including phenoxy) is 2. The van der Waals surface area contributed by atoms with Gasteiger partial charge in [0.05, 0.1) is 40.0 Å². The van der Waals surface area contributed by atoms with Crippen LogP contribution in [0.2, 0.25) is 0 Å². The molecule has 0 heterocycles. The summed E-state index contributed by atoms with van der Waals surface area (Å²) in [6.45, 7) is 4.02. The predicted molar refractivity (Wildman–Crippen MR) is 262 cm³/mol. The Morgan fingerprint density at radius 3 is 1.83 bits per heavy atom. The zero-order valence-electron chi connectivity index (χ0n) is 41.7. The number of hydrogen-bond acceptors (Lipinski definition) is 10. The summed E-state index contributed by atoms with van der Waals surface area (Å²) >= 11 is 0. The van der Waals surface area contributed by atoms with E-state index in [0.29, 0.717) is 43.1 Å². The maximum atomic E-state index is 12.8. The SMILES string of the molecule is CCCCCCCC/C=C\CCCCCCCCCCCCCC(=O)OC[C@H](COP(=O)(O)OCC[N+](C)(C)C)OC(=O)CCC/C=C\C[C@H]1[C@@H](O)CC(=O)[C@@H]1/C=C/[C@@H](O)CCCCC. The lowest BCUT2D eigenvalue weighted by molar-refractivity contribution is -0.870. The molecule has 12 nitrogen and oxygen atoms in total. The fraction of sp³-hybridized carbons (Fsp3) is 0.827. The van der Waals surface area contributed by atoms with Crippen LogP contribution in [0.25, 0.3) is 0 Å². The van der Waals surface area contributed by atoms with Gasteiger partial charge in [0.1, 0.15) is 25.5 Å². The monoisotopic (exact) mass is 941 g/mol. The summed E-state index contributed by atoms with van der Waals surface area (Å²) < 4.78 is 34.4. The lowest BCUT2D eigenvalue weighted by atomic mass is 9.90. The molecule has 378 valence electrons. The Bertz CT molecular complexity index is 1360. The van der Waals surface area contributed by atoms with Crippen LogP contribution >= 0.6 is 7.82 Å². The maximum absolute atomic E-state index is 12.8. The Balaban J connectivity index is 2.40. The van der Waals surface area contributed by atoms with E-state index in [1.165, 1.54) is 96.3 Å². The summed E-state index contributed by atoms with van der Waals surface area (Å²) in [4.78, 5) is 48.3. The fourth-order valence-electron chi connectivity index (χ4n) is 7.87. The number of hydrogen-bond donors (Lipinski definition) is 3. The molecular weight excluding hydrogens is 846 g/mol. The van der Waals surface area contributed by atoms with Gasteiger partial charge in [-0.25, -0.2) is 4.57 Å².